The van der Waals surface area contributed by atoms with Crippen molar-refractivity contribution >= 4 is 11.9 Å². The number of ketones is 1. The molecule has 0 N–H and O–H groups in total. The maximum Gasteiger partial charge on any atom is 0.185 e. The van der Waals surface area contributed by atoms with E-state index < -0.39 is 0 Å². The molecular weight excluding hydrogens is 292 g/mol. The molecule has 2 rings (SSSR count). The quantitative estimate of drug-likeness (QED) is 0.599. The fraction of sp³-hybridized carbons (Fsp3) is 0.211. The molecule has 0 amide bonds. The van der Waals surface area contributed by atoms with Crippen LogP contribution in [0.15, 0.2) is 42.5 Å². The van der Waals surface area contributed by atoms with Crippen LogP contribution in [0.3, 0.4) is 0 Å². The number of carbonyl (C=O) groups is 1. The van der Waals surface area contributed by atoms with E-state index >= 15 is 0 Å². The highest BCUT2D eigenvalue weighted by atomic mass is 16.5. The number of rotatable bonds is 6. The Labute approximate surface area is 136 Å². The van der Waals surface area contributed by atoms with Gasteiger partial charge in [-0.25, -0.2) is 0 Å². The summed E-state index contributed by atoms with van der Waals surface area (Å²) in [6.45, 7) is 1.95. The second-order valence-electron chi connectivity index (χ2n) is 4.99. The Kier molecular flexibility index (Phi) is 5.41. The topological polar surface area (TPSA) is 44.8 Å². The van der Waals surface area contributed by atoms with Gasteiger partial charge in [0.1, 0.15) is 17.2 Å². The molecule has 2 aromatic rings. The standard InChI is InChI=1S/C19H20O4/c1-13-11-15(19(23-4)12-18(13)22-3)7-10-17(20)14-5-8-16(21-2)9-6-14/h5-12H,1-4H3. The summed E-state index contributed by atoms with van der Waals surface area (Å²) in [7, 11) is 4.80. The summed E-state index contributed by atoms with van der Waals surface area (Å²) < 4.78 is 15.7. The van der Waals surface area contributed by atoms with E-state index in [4.69, 9.17) is 14.2 Å². The van der Waals surface area contributed by atoms with Crippen molar-refractivity contribution in [2.75, 3.05) is 21.3 Å². The summed E-state index contributed by atoms with van der Waals surface area (Å²) >= 11 is 0. The molecule has 0 heterocycles. The van der Waals surface area contributed by atoms with Crippen molar-refractivity contribution in [3.63, 3.8) is 0 Å². The fourth-order valence-electron chi connectivity index (χ4n) is 2.24. The third-order valence-corrected chi connectivity index (χ3v) is 3.54. The minimum absolute atomic E-state index is 0.0804. The van der Waals surface area contributed by atoms with E-state index in [0.29, 0.717) is 11.3 Å². The molecule has 0 aliphatic rings. The highest BCUT2D eigenvalue weighted by Crippen LogP contribution is 2.29. The van der Waals surface area contributed by atoms with Crippen LogP contribution in [0, 0.1) is 6.92 Å². The Morgan fingerprint density at radius 1 is 0.913 bits per heavy atom. The number of aryl methyl sites for hydroxylation is 1. The van der Waals surface area contributed by atoms with Gasteiger partial charge in [-0.05, 0) is 55.0 Å². The first-order valence-corrected chi connectivity index (χ1v) is 7.18. The van der Waals surface area contributed by atoms with Gasteiger partial charge in [-0.3, -0.25) is 4.79 Å². The van der Waals surface area contributed by atoms with Crippen LogP contribution in [0.5, 0.6) is 17.2 Å². The van der Waals surface area contributed by atoms with Gasteiger partial charge >= 0.3 is 0 Å². The molecule has 0 saturated carbocycles. The second-order valence-corrected chi connectivity index (χ2v) is 4.99. The molecular formula is C19H20O4. The van der Waals surface area contributed by atoms with Crippen LogP contribution in [0.4, 0.5) is 0 Å². The molecule has 23 heavy (non-hydrogen) atoms. The predicted molar refractivity (Wildman–Crippen MR) is 90.6 cm³/mol. The Hall–Kier alpha value is -2.75. The molecule has 0 aliphatic carbocycles. The summed E-state index contributed by atoms with van der Waals surface area (Å²) in [5.74, 6) is 2.05. The maximum atomic E-state index is 12.2. The number of allylic oxidation sites excluding steroid dienone is 1. The summed E-state index contributed by atoms with van der Waals surface area (Å²) in [5.41, 5.74) is 2.41. The van der Waals surface area contributed by atoms with Gasteiger partial charge < -0.3 is 14.2 Å². The van der Waals surface area contributed by atoms with E-state index in [1.165, 1.54) is 6.08 Å². The molecule has 0 fully saturated rings. The first-order chi connectivity index (χ1) is 11.1. The molecule has 0 spiro atoms. The van der Waals surface area contributed by atoms with Crippen molar-refractivity contribution in [1.82, 2.24) is 0 Å². The van der Waals surface area contributed by atoms with Crippen LogP contribution in [0.25, 0.3) is 6.08 Å². The zero-order valence-corrected chi connectivity index (χ0v) is 13.8. The van der Waals surface area contributed by atoms with Gasteiger partial charge in [0.05, 0.1) is 21.3 Å². The lowest BCUT2D eigenvalue weighted by Crippen LogP contribution is -1.96. The average Bonchev–Trinajstić information content (AvgIpc) is 2.59. The minimum atomic E-state index is -0.0804. The zero-order valence-electron chi connectivity index (χ0n) is 13.8. The molecule has 0 atom stereocenters. The van der Waals surface area contributed by atoms with Gasteiger partial charge in [-0.2, -0.15) is 0 Å². The maximum absolute atomic E-state index is 12.2. The van der Waals surface area contributed by atoms with Crippen LogP contribution in [-0.4, -0.2) is 27.1 Å². The second kappa shape index (κ2) is 7.49. The van der Waals surface area contributed by atoms with Gasteiger partial charge in [-0.1, -0.05) is 0 Å². The van der Waals surface area contributed by atoms with Crippen LogP contribution in [0.1, 0.15) is 21.5 Å². The number of ether oxygens (including phenoxy) is 3. The van der Waals surface area contributed by atoms with Crippen LogP contribution in [0.2, 0.25) is 0 Å². The number of hydrogen-bond donors (Lipinski definition) is 0. The smallest absolute Gasteiger partial charge is 0.185 e. The van der Waals surface area contributed by atoms with Gasteiger partial charge in [0, 0.05) is 17.2 Å². The molecule has 0 radical (unpaired) electrons. The zero-order chi connectivity index (χ0) is 16.8. The average molecular weight is 312 g/mol. The lowest BCUT2D eigenvalue weighted by molar-refractivity contribution is 0.104. The lowest BCUT2D eigenvalue weighted by atomic mass is 10.1. The number of methoxy groups -OCH3 is 3. The van der Waals surface area contributed by atoms with E-state index in [0.717, 1.165) is 22.6 Å². The van der Waals surface area contributed by atoms with Crippen molar-refractivity contribution in [3.8, 4) is 17.2 Å². The summed E-state index contributed by atoms with van der Waals surface area (Å²) in [5, 5.41) is 0. The summed E-state index contributed by atoms with van der Waals surface area (Å²) in [6.07, 6.45) is 3.28. The third kappa shape index (κ3) is 3.92. The van der Waals surface area contributed by atoms with Crippen LogP contribution in [-0.2, 0) is 0 Å². The summed E-state index contributed by atoms with van der Waals surface area (Å²) in [4.78, 5) is 12.2. The molecule has 4 nitrogen and oxygen atoms in total. The molecule has 120 valence electrons. The normalized spacial score (nSPS) is 10.6. The first kappa shape index (κ1) is 16.6. The number of carbonyl (C=O) groups excluding carboxylic acids is 1. The Morgan fingerprint density at radius 2 is 1.57 bits per heavy atom. The Balaban J connectivity index is 2.24. The molecule has 0 aromatic heterocycles. The molecule has 0 saturated heterocycles. The summed E-state index contributed by atoms with van der Waals surface area (Å²) in [6, 6.07) is 10.7. The number of benzene rings is 2. The third-order valence-electron chi connectivity index (χ3n) is 3.54. The first-order valence-electron chi connectivity index (χ1n) is 7.18. The lowest BCUT2D eigenvalue weighted by Gasteiger charge is -2.10. The van der Waals surface area contributed by atoms with Crippen molar-refractivity contribution in [2.45, 2.75) is 6.92 Å². The van der Waals surface area contributed by atoms with Crippen molar-refractivity contribution in [1.29, 1.82) is 0 Å². The van der Waals surface area contributed by atoms with Crippen molar-refractivity contribution in [3.05, 3.63) is 59.2 Å². The minimum Gasteiger partial charge on any atom is -0.497 e. The van der Waals surface area contributed by atoms with Crippen molar-refractivity contribution < 1.29 is 19.0 Å². The highest BCUT2D eigenvalue weighted by molar-refractivity contribution is 6.07. The molecule has 4 heteroatoms. The predicted octanol–water partition coefficient (Wildman–Crippen LogP) is 3.92. The van der Waals surface area contributed by atoms with E-state index in [2.05, 4.69) is 0 Å². The van der Waals surface area contributed by atoms with Gasteiger partial charge in [-0.15, -0.1) is 0 Å². The molecule has 0 unspecified atom stereocenters. The van der Waals surface area contributed by atoms with Crippen molar-refractivity contribution in [2.24, 2.45) is 0 Å². The van der Waals surface area contributed by atoms with Gasteiger partial charge in [0.25, 0.3) is 0 Å². The van der Waals surface area contributed by atoms with Gasteiger partial charge in [0.2, 0.25) is 0 Å². The fourth-order valence-corrected chi connectivity index (χ4v) is 2.24. The Morgan fingerprint density at radius 3 is 2.13 bits per heavy atom. The largest absolute Gasteiger partial charge is 0.497 e. The van der Waals surface area contributed by atoms with Gasteiger partial charge in [0.15, 0.2) is 5.78 Å². The van der Waals surface area contributed by atoms with E-state index in [9.17, 15) is 4.79 Å². The van der Waals surface area contributed by atoms with E-state index in [1.807, 2.05) is 19.1 Å². The molecule has 0 aliphatic heterocycles. The monoisotopic (exact) mass is 312 g/mol. The molecule has 2 aromatic carbocycles. The van der Waals surface area contributed by atoms with Crippen LogP contribution < -0.4 is 14.2 Å². The van der Waals surface area contributed by atoms with Crippen LogP contribution >= 0.6 is 0 Å². The SMILES string of the molecule is COc1ccc(C(=O)C=Cc2cc(C)c(OC)cc2OC)cc1. The highest BCUT2D eigenvalue weighted by Gasteiger charge is 2.07. The number of hydrogen-bond acceptors (Lipinski definition) is 4. The van der Waals surface area contributed by atoms with E-state index in [-0.39, 0.29) is 5.78 Å². The molecule has 0 bridgehead atoms. The Bertz CT molecular complexity index is 715. The van der Waals surface area contributed by atoms with E-state index in [1.54, 1.807) is 51.7 Å².